The van der Waals surface area contributed by atoms with Gasteiger partial charge in [-0.3, -0.25) is 0 Å². The molecule has 0 aliphatic heterocycles. The highest BCUT2D eigenvalue weighted by Crippen LogP contribution is 2.34. The van der Waals surface area contributed by atoms with Gasteiger partial charge in [-0.05, 0) is 19.1 Å². The van der Waals surface area contributed by atoms with E-state index in [0.717, 1.165) is 11.3 Å². The van der Waals surface area contributed by atoms with Crippen LogP contribution >= 0.6 is 0 Å². The van der Waals surface area contributed by atoms with Gasteiger partial charge in [-0.2, -0.15) is 0 Å². The van der Waals surface area contributed by atoms with Gasteiger partial charge in [-0.15, -0.1) is 0 Å². The molecule has 0 fully saturated rings. The van der Waals surface area contributed by atoms with Crippen LogP contribution in [0, 0.1) is 0 Å². The summed E-state index contributed by atoms with van der Waals surface area (Å²) in [6.45, 7) is 2.47. The summed E-state index contributed by atoms with van der Waals surface area (Å²) in [6.07, 6.45) is 0. The molecule has 0 unspecified atom stereocenters. The van der Waals surface area contributed by atoms with E-state index < -0.39 is 0 Å². The Labute approximate surface area is 99.1 Å². The highest BCUT2D eigenvalue weighted by atomic mass is 16.5. The first-order valence-corrected chi connectivity index (χ1v) is 5.28. The number of aromatic nitrogens is 1. The van der Waals surface area contributed by atoms with Crippen LogP contribution in [0.3, 0.4) is 0 Å². The van der Waals surface area contributed by atoms with Gasteiger partial charge in [0.25, 0.3) is 0 Å². The number of rotatable bonds is 4. The van der Waals surface area contributed by atoms with Crippen molar-refractivity contribution in [3.63, 3.8) is 0 Å². The second kappa shape index (κ2) is 4.78. The zero-order chi connectivity index (χ0) is 12.3. The Morgan fingerprint density at radius 1 is 1.35 bits per heavy atom. The van der Waals surface area contributed by atoms with Crippen molar-refractivity contribution in [2.24, 2.45) is 0 Å². The lowest BCUT2D eigenvalue weighted by molar-refractivity contribution is 0.335. The summed E-state index contributed by atoms with van der Waals surface area (Å²) in [4.78, 5) is 0. The van der Waals surface area contributed by atoms with Crippen LogP contribution in [-0.4, -0.2) is 18.9 Å². The molecule has 1 aromatic carbocycles. The minimum atomic E-state index is 0.346. The standard InChI is InChI=1S/C12H14N2O3/c1-3-16-10-6-8(15-2)4-5-9(10)11-7-12(13)14-17-11/h4-7H,3H2,1-2H3,(H2,13,14). The lowest BCUT2D eigenvalue weighted by atomic mass is 10.1. The largest absolute Gasteiger partial charge is 0.497 e. The number of hydrogen-bond acceptors (Lipinski definition) is 5. The van der Waals surface area contributed by atoms with Gasteiger partial charge in [-0.1, -0.05) is 5.16 Å². The second-order valence-electron chi connectivity index (χ2n) is 3.41. The van der Waals surface area contributed by atoms with E-state index in [2.05, 4.69) is 5.16 Å². The molecule has 1 heterocycles. The molecule has 5 heteroatoms. The van der Waals surface area contributed by atoms with Crippen molar-refractivity contribution in [1.82, 2.24) is 5.16 Å². The lowest BCUT2D eigenvalue weighted by Crippen LogP contribution is -1.94. The van der Waals surface area contributed by atoms with Crippen LogP contribution in [0.2, 0.25) is 0 Å². The zero-order valence-corrected chi connectivity index (χ0v) is 9.77. The number of hydrogen-bond donors (Lipinski definition) is 1. The van der Waals surface area contributed by atoms with E-state index in [1.807, 2.05) is 19.1 Å². The quantitative estimate of drug-likeness (QED) is 0.879. The topological polar surface area (TPSA) is 70.5 Å². The number of nitrogens with two attached hydrogens (primary N) is 1. The molecule has 0 saturated heterocycles. The van der Waals surface area contributed by atoms with Gasteiger partial charge in [0.1, 0.15) is 11.5 Å². The van der Waals surface area contributed by atoms with E-state index in [9.17, 15) is 0 Å². The molecule has 0 bridgehead atoms. The van der Waals surface area contributed by atoms with Crippen LogP contribution in [0.5, 0.6) is 11.5 Å². The van der Waals surface area contributed by atoms with E-state index >= 15 is 0 Å². The summed E-state index contributed by atoms with van der Waals surface area (Å²) in [5, 5.41) is 3.65. The second-order valence-corrected chi connectivity index (χ2v) is 3.41. The van der Waals surface area contributed by atoms with Crippen LogP contribution in [0.25, 0.3) is 11.3 Å². The third-order valence-electron chi connectivity index (χ3n) is 2.28. The Morgan fingerprint density at radius 3 is 2.76 bits per heavy atom. The number of methoxy groups -OCH3 is 1. The summed E-state index contributed by atoms with van der Waals surface area (Å²) in [5.41, 5.74) is 6.33. The predicted octanol–water partition coefficient (Wildman–Crippen LogP) is 2.33. The summed E-state index contributed by atoms with van der Waals surface area (Å²) >= 11 is 0. The summed E-state index contributed by atoms with van der Waals surface area (Å²) in [5.74, 6) is 2.33. The van der Waals surface area contributed by atoms with Crippen molar-refractivity contribution in [2.45, 2.75) is 6.92 Å². The van der Waals surface area contributed by atoms with Gasteiger partial charge < -0.3 is 19.7 Å². The number of ether oxygens (including phenoxy) is 2. The van der Waals surface area contributed by atoms with Crippen LogP contribution in [-0.2, 0) is 0 Å². The first kappa shape index (κ1) is 11.3. The van der Waals surface area contributed by atoms with Crippen LogP contribution in [0.1, 0.15) is 6.92 Å². The summed E-state index contributed by atoms with van der Waals surface area (Å²) in [6, 6.07) is 7.14. The van der Waals surface area contributed by atoms with Crippen LogP contribution < -0.4 is 15.2 Å². The molecule has 1 aromatic heterocycles. The molecule has 0 radical (unpaired) electrons. The first-order chi connectivity index (χ1) is 8.24. The number of anilines is 1. The third-order valence-corrected chi connectivity index (χ3v) is 2.28. The van der Waals surface area contributed by atoms with Crippen molar-refractivity contribution in [1.29, 1.82) is 0 Å². The normalized spacial score (nSPS) is 10.2. The fraction of sp³-hybridized carbons (Fsp3) is 0.250. The van der Waals surface area contributed by atoms with Gasteiger partial charge >= 0.3 is 0 Å². The third kappa shape index (κ3) is 2.33. The Bertz CT molecular complexity index is 508. The zero-order valence-electron chi connectivity index (χ0n) is 9.77. The predicted molar refractivity (Wildman–Crippen MR) is 64.1 cm³/mol. The van der Waals surface area contributed by atoms with E-state index in [0.29, 0.717) is 23.9 Å². The average Bonchev–Trinajstić information content (AvgIpc) is 2.76. The molecule has 5 nitrogen and oxygen atoms in total. The van der Waals surface area contributed by atoms with Gasteiger partial charge in [0.15, 0.2) is 11.6 Å². The van der Waals surface area contributed by atoms with Crippen LogP contribution in [0.4, 0.5) is 5.82 Å². The molecule has 2 N–H and O–H groups in total. The maximum absolute atomic E-state index is 5.53. The minimum Gasteiger partial charge on any atom is -0.497 e. The van der Waals surface area contributed by atoms with Crippen molar-refractivity contribution in [3.8, 4) is 22.8 Å². The van der Waals surface area contributed by atoms with Gasteiger partial charge in [0.2, 0.25) is 0 Å². The van der Waals surface area contributed by atoms with Crippen LogP contribution in [0.15, 0.2) is 28.8 Å². The maximum Gasteiger partial charge on any atom is 0.172 e. The highest BCUT2D eigenvalue weighted by molar-refractivity contribution is 5.68. The van der Waals surface area contributed by atoms with E-state index in [4.69, 9.17) is 19.7 Å². The average molecular weight is 234 g/mol. The molecule has 0 aliphatic rings. The molecule has 0 amide bonds. The molecular formula is C12H14N2O3. The highest BCUT2D eigenvalue weighted by Gasteiger charge is 2.12. The molecule has 17 heavy (non-hydrogen) atoms. The van der Waals surface area contributed by atoms with Gasteiger partial charge in [0.05, 0.1) is 19.3 Å². The Kier molecular flexibility index (Phi) is 3.18. The van der Waals surface area contributed by atoms with Crippen molar-refractivity contribution >= 4 is 5.82 Å². The molecule has 0 spiro atoms. The molecule has 0 aliphatic carbocycles. The lowest BCUT2D eigenvalue weighted by Gasteiger charge is -2.09. The van der Waals surface area contributed by atoms with Crippen molar-refractivity contribution in [2.75, 3.05) is 19.5 Å². The molecule has 90 valence electrons. The van der Waals surface area contributed by atoms with Gasteiger partial charge in [-0.25, -0.2) is 0 Å². The number of benzene rings is 1. The first-order valence-electron chi connectivity index (χ1n) is 5.28. The maximum atomic E-state index is 5.53. The molecule has 2 rings (SSSR count). The number of nitrogen functional groups attached to an aromatic ring is 1. The molecule has 0 atom stereocenters. The van der Waals surface area contributed by atoms with E-state index in [-0.39, 0.29) is 0 Å². The summed E-state index contributed by atoms with van der Waals surface area (Å²) < 4.78 is 15.8. The van der Waals surface area contributed by atoms with E-state index in [1.165, 1.54) is 0 Å². The Morgan fingerprint density at radius 2 is 2.18 bits per heavy atom. The Balaban J connectivity index is 2.45. The smallest absolute Gasteiger partial charge is 0.172 e. The fourth-order valence-corrected chi connectivity index (χ4v) is 1.52. The van der Waals surface area contributed by atoms with Crippen molar-refractivity contribution < 1.29 is 14.0 Å². The SMILES string of the molecule is CCOc1cc(OC)ccc1-c1cc(N)no1. The molecular weight excluding hydrogens is 220 g/mol. The van der Waals surface area contributed by atoms with Gasteiger partial charge in [0, 0.05) is 12.1 Å². The molecule has 0 saturated carbocycles. The van der Waals surface area contributed by atoms with Crippen molar-refractivity contribution in [3.05, 3.63) is 24.3 Å². The van der Waals surface area contributed by atoms with E-state index in [1.54, 1.807) is 19.2 Å². The number of nitrogens with zero attached hydrogens (tertiary/aromatic N) is 1. The molecule has 2 aromatic rings. The summed E-state index contributed by atoms with van der Waals surface area (Å²) in [7, 11) is 1.61. The minimum absolute atomic E-state index is 0.346. The fourth-order valence-electron chi connectivity index (χ4n) is 1.52. The Hall–Kier alpha value is -2.17. The monoisotopic (exact) mass is 234 g/mol.